The Morgan fingerprint density at radius 1 is 1.19 bits per heavy atom. The summed E-state index contributed by atoms with van der Waals surface area (Å²) in [7, 11) is 0. The summed E-state index contributed by atoms with van der Waals surface area (Å²) in [4.78, 5) is 20.8. The lowest BCUT2D eigenvalue weighted by molar-refractivity contribution is 0.172. The van der Waals surface area contributed by atoms with Crippen molar-refractivity contribution in [3.8, 4) is 11.5 Å². The van der Waals surface area contributed by atoms with Crippen LogP contribution in [0.5, 0.6) is 11.5 Å². The van der Waals surface area contributed by atoms with Gasteiger partial charge in [0.2, 0.25) is 0 Å². The van der Waals surface area contributed by atoms with Crippen LogP contribution in [-0.4, -0.2) is 34.4 Å². The van der Waals surface area contributed by atoms with Gasteiger partial charge in [0.1, 0.15) is 19.5 Å². The molecular formula is C17H11ClFN3O4. The van der Waals surface area contributed by atoms with Crippen molar-refractivity contribution in [2.24, 2.45) is 0 Å². The average Bonchev–Trinajstić information content (AvgIpc) is 2.63. The van der Waals surface area contributed by atoms with Crippen molar-refractivity contribution in [2.75, 3.05) is 18.1 Å². The van der Waals surface area contributed by atoms with Gasteiger partial charge in [-0.2, -0.15) is 0 Å². The van der Waals surface area contributed by atoms with Crippen molar-refractivity contribution >= 4 is 40.1 Å². The third-order valence-corrected chi connectivity index (χ3v) is 4.15. The van der Waals surface area contributed by atoms with E-state index < -0.39 is 11.9 Å². The quantitative estimate of drug-likeness (QED) is 0.728. The van der Waals surface area contributed by atoms with Crippen LogP contribution in [0, 0.1) is 5.82 Å². The van der Waals surface area contributed by atoms with Gasteiger partial charge in [-0.1, -0.05) is 17.7 Å². The predicted octanol–water partition coefficient (Wildman–Crippen LogP) is 4.01. The highest BCUT2D eigenvalue weighted by molar-refractivity contribution is 6.31. The SMILES string of the molecule is O=C(O)N(c1cccc(Cl)c1F)c1ncnc2cc3c(cc12)OCCO3. The fraction of sp³-hybridized carbons (Fsp3) is 0.118. The van der Waals surface area contributed by atoms with Gasteiger partial charge in [-0.25, -0.2) is 24.1 Å². The number of hydrogen-bond acceptors (Lipinski definition) is 5. The molecular weight excluding hydrogens is 365 g/mol. The minimum absolute atomic E-state index is 0.0133. The van der Waals surface area contributed by atoms with Gasteiger partial charge in [0.15, 0.2) is 23.1 Å². The Labute approximate surface area is 151 Å². The molecule has 0 aliphatic carbocycles. The maximum absolute atomic E-state index is 14.4. The Bertz CT molecular complexity index is 1030. The third-order valence-electron chi connectivity index (χ3n) is 3.85. The summed E-state index contributed by atoms with van der Waals surface area (Å²) in [5, 5.41) is 9.87. The summed E-state index contributed by atoms with van der Waals surface area (Å²) in [5.74, 6) is 0.0717. The van der Waals surface area contributed by atoms with Gasteiger partial charge < -0.3 is 14.6 Å². The fourth-order valence-electron chi connectivity index (χ4n) is 2.73. The number of halogens is 2. The van der Waals surface area contributed by atoms with Crippen molar-refractivity contribution in [1.29, 1.82) is 0 Å². The molecule has 1 amide bonds. The lowest BCUT2D eigenvalue weighted by atomic mass is 10.1. The molecule has 26 heavy (non-hydrogen) atoms. The first-order chi connectivity index (χ1) is 12.6. The van der Waals surface area contributed by atoms with Crippen molar-refractivity contribution < 1.29 is 23.8 Å². The fourth-order valence-corrected chi connectivity index (χ4v) is 2.90. The van der Waals surface area contributed by atoms with E-state index in [1.54, 1.807) is 12.1 Å². The highest BCUT2D eigenvalue weighted by Gasteiger charge is 2.26. The van der Waals surface area contributed by atoms with Crippen LogP contribution in [0.4, 0.5) is 20.7 Å². The number of benzene rings is 2. The normalized spacial score (nSPS) is 12.8. The number of ether oxygens (including phenoxy) is 2. The number of aromatic nitrogens is 2. The molecule has 0 unspecified atom stereocenters. The largest absolute Gasteiger partial charge is 0.486 e. The van der Waals surface area contributed by atoms with Crippen molar-refractivity contribution in [1.82, 2.24) is 9.97 Å². The molecule has 7 nitrogen and oxygen atoms in total. The zero-order chi connectivity index (χ0) is 18.3. The first kappa shape index (κ1) is 16.3. The highest BCUT2D eigenvalue weighted by atomic mass is 35.5. The van der Waals surface area contributed by atoms with Crippen molar-refractivity contribution in [2.45, 2.75) is 0 Å². The maximum atomic E-state index is 14.4. The third kappa shape index (κ3) is 2.64. The molecule has 0 saturated heterocycles. The number of carbonyl (C=O) groups is 1. The minimum Gasteiger partial charge on any atom is -0.486 e. The van der Waals surface area contributed by atoms with E-state index >= 15 is 0 Å². The van der Waals surface area contributed by atoms with Crippen LogP contribution < -0.4 is 14.4 Å². The Hall–Kier alpha value is -3.13. The van der Waals surface area contributed by atoms with Gasteiger partial charge in [-0.3, -0.25) is 0 Å². The Morgan fingerprint density at radius 3 is 2.65 bits per heavy atom. The minimum atomic E-state index is -1.42. The number of carboxylic acid groups (broad SMARTS) is 1. The van der Waals surface area contributed by atoms with Crippen LogP contribution in [0.2, 0.25) is 5.02 Å². The number of anilines is 2. The number of amides is 1. The van der Waals surface area contributed by atoms with E-state index in [4.69, 9.17) is 21.1 Å². The molecule has 4 rings (SSSR count). The van der Waals surface area contributed by atoms with Gasteiger partial charge >= 0.3 is 6.09 Å². The zero-order valence-corrected chi connectivity index (χ0v) is 13.9. The molecule has 132 valence electrons. The number of nitrogens with zero attached hydrogens (tertiary/aromatic N) is 3. The maximum Gasteiger partial charge on any atom is 0.417 e. The van der Waals surface area contributed by atoms with E-state index in [9.17, 15) is 14.3 Å². The van der Waals surface area contributed by atoms with Gasteiger partial charge in [-0.15, -0.1) is 0 Å². The second-order valence-corrected chi connectivity index (χ2v) is 5.81. The molecule has 2 aromatic carbocycles. The second-order valence-electron chi connectivity index (χ2n) is 5.40. The van der Waals surface area contributed by atoms with Crippen LogP contribution in [0.15, 0.2) is 36.7 Å². The smallest absolute Gasteiger partial charge is 0.417 e. The lowest BCUT2D eigenvalue weighted by Crippen LogP contribution is -2.26. The van der Waals surface area contributed by atoms with Crippen LogP contribution in [0.25, 0.3) is 10.9 Å². The molecule has 9 heteroatoms. The summed E-state index contributed by atoms with van der Waals surface area (Å²) in [6.45, 7) is 0.776. The van der Waals surface area contributed by atoms with Crippen LogP contribution >= 0.6 is 11.6 Å². The molecule has 0 atom stereocenters. The van der Waals surface area contributed by atoms with E-state index in [0.717, 1.165) is 4.90 Å². The van der Waals surface area contributed by atoms with E-state index in [1.807, 2.05) is 0 Å². The van der Waals surface area contributed by atoms with E-state index in [1.165, 1.54) is 24.5 Å². The van der Waals surface area contributed by atoms with Crippen molar-refractivity contribution in [3.05, 3.63) is 47.5 Å². The molecule has 0 radical (unpaired) electrons. The molecule has 1 aromatic heterocycles. The number of fused-ring (bicyclic) bond motifs is 2. The first-order valence-corrected chi connectivity index (χ1v) is 7.95. The lowest BCUT2D eigenvalue weighted by Gasteiger charge is -2.22. The second kappa shape index (κ2) is 6.30. The van der Waals surface area contributed by atoms with Gasteiger partial charge in [-0.05, 0) is 18.2 Å². The van der Waals surface area contributed by atoms with Crippen LogP contribution in [-0.2, 0) is 0 Å². The van der Waals surface area contributed by atoms with Gasteiger partial charge in [0, 0.05) is 11.5 Å². The topological polar surface area (TPSA) is 84.8 Å². The first-order valence-electron chi connectivity index (χ1n) is 7.57. The molecule has 2 heterocycles. The van der Waals surface area contributed by atoms with E-state index in [-0.39, 0.29) is 16.5 Å². The molecule has 3 aromatic rings. The van der Waals surface area contributed by atoms with Crippen LogP contribution in [0.1, 0.15) is 0 Å². The predicted molar refractivity (Wildman–Crippen MR) is 92.1 cm³/mol. The summed E-state index contributed by atoms with van der Waals surface area (Å²) in [6, 6.07) is 7.31. The molecule has 0 bridgehead atoms. The summed E-state index contributed by atoms with van der Waals surface area (Å²) in [5.41, 5.74) is 0.202. The summed E-state index contributed by atoms with van der Waals surface area (Å²) >= 11 is 5.80. The van der Waals surface area contributed by atoms with Crippen molar-refractivity contribution in [3.63, 3.8) is 0 Å². The molecule has 0 spiro atoms. The Balaban J connectivity index is 1.95. The van der Waals surface area contributed by atoms with Gasteiger partial charge in [0.05, 0.1) is 16.2 Å². The zero-order valence-electron chi connectivity index (χ0n) is 13.1. The van der Waals surface area contributed by atoms with Gasteiger partial charge in [0.25, 0.3) is 0 Å². The highest BCUT2D eigenvalue weighted by Crippen LogP contribution is 2.39. The van der Waals surface area contributed by atoms with E-state index in [2.05, 4.69) is 9.97 Å². The number of rotatable bonds is 2. The number of hydrogen-bond donors (Lipinski definition) is 1. The Morgan fingerprint density at radius 2 is 1.92 bits per heavy atom. The monoisotopic (exact) mass is 375 g/mol. The van der Waals surface area contributed by atoms with Crippen LogP contribution in [0.3, 0.4) is 0 Å². The Kier molecular flexibility index (Phi) is 3.96. The molecule has 0 saturated carbocycles. The molecule has 1 aliphatic rings. The van der Waals surface area contributed by atoms with E-state index in [0.29, 0.717) is 35.6 Å². The molecule has 1 N–H and O–H groups in total. The molecule has 0 fully saturated rings. The molecule has 1 aliphatic heterocycles. The summed E-state index contributed by atoms with van der Waals surface area (Å²) < 4.78 is 25.5. The standard InChI is InChI=1S/C17H11ClFN3O4/c18-10-2-1-3-12(15(10)19)22(17(23)24)16-9-6-13-14(26-5-4-25-13)7-11(9)20-8-21-16/h1-3,6-8H,4-5H2,(H,23,24). The summed E-state index contributed by atoms with van der Waals surface area (Å²) in [6.07, 6.45) is -0.215. The average molecular weight is 376 g/mol.